The van der Waals surface area contributed by atoms with Crippen molar-refractivity contribution in [2.75, 3.05) is 6.54 Å². The monoisotopic (exact) mass is 175 g/mol. The molecule has 0 bridgehead atoms. The average molecular weight is 176 g/mol. The maximum absolute atomic E-state index is 10.6. The van der Waals surface area contributed by atoms with Gasteiger partial charge in [-0.1, -0.05) is 6.42 Å². The van der Waals surface area contributed by atoms with Crippen molar-refractivity contribution >= 4 is 41.4 Å². The van der Waals surface area contributed by atoms with Crippen LogP contribution in [0.25, 0.3) is 0 Å². The van der Waals surface area contributed by atoms with E-state index in [0.717, 1.165) is 25.8 Å². The number of amides is 1. The number of nitrogens with one attached hydrogen (secondary N) is 1. The van der Waals surface area contributed by atoms with E-state index in [2.05, 4.69) is 5.32 Å². The number of rotatable bonds is 0. The Bertz CT molecular complexity index is 97.5. The molecule has 1 N–H and O–H groups in total. The fourth-order valence-electron chi connectivity index (χ4n) is 0.904. The van der Waals surface area contributed by atoms with Crippen molar-refractivity contribution in [2.24, 2.45) is 0 Å². The van der Waals surface area contributed by atoms with E-state index in [1.807, 2.05) is 0 Å². The Kier molecular flexibility index (Phi) is 10.0. The molecule has 0 atom stereocenters. The molecular weight excluding hydrogens is 162 g/mol. The Morgan fingerprint density at radius 3 is 2.70 bits per heavy atom. The topological polar surface area (TPSA) is 29.1 Å². The van der Waals surface area contributed by atoms with E-state index in [9.17, 15) is 4.79 Å². The first-order valence-electron chi connectivity index (χ1n) is 3.16. The normalized spacial score (nSPS) is 17.4. The van der Waals surface area contributed by atoms with Crippen LogP contribution in [0.4, 0.5) is 0 Å². The van der Waals surface area contributed by atoms with E-state index in [1.165, 1.54) is 6.42 Å². The number of carbonyl (C=O) groups excluding carboxylic acids is 1. The van der Waals surface area contributed by atoms with Crippen molar-refractivity contribution in [3.63, 3.8) is 0 Å². The summed E-state index contributed by atoms with van der Waals surface area (Å²) in [6, 6.07) is 0. The molecule has 0 aromatic heterocycles. The third-order valence-corrected chi connectivity index (χ3v) is 1.40. The summed E-state index contributed by atoms with van der Waals surface area (Å²) in [7, 11) is 0. The first-order valence-corrected chi connectivity index (χ1v) is 3.16. The van der Waals surface area contributed by atoms with Gasteiger partial charge in [-0.05, 0) is 12.8 Å². The van der Waals surface area contributed by atoms with Crippen molar-refractivity contribution in [3.05, 3.63) is 0 Å². The Balaban J connectivity index is -0.0000000800. The summed E-state index contributed by atoms with van der Waals surface area (Å²) in [5.74, 6) is 0.225. The predicted molar refractivity (Wildman–Crippen MR) is 46.7 cm³/mol. The van der Waals surface area contributed by atoms with Gasteiger partial charge in [0, 0.05) is 13.0 Å². The summed E-state index contributed by atoms with van der Waals surface area (Å²) in [5.41, 5.74) is 0. The molecule has 0 radical (unpaired) electrons. The fourth-order valence-corrected chi connectivity index (χ4v) is 0.904. The summed E-state index contributed by atoms with van der Waals surface area (Å²) in [6.45, 7) is 0.888. The van der Waals surface area contributed by atoms with Gasteiger partial charge in [-0.15, -0.1) is 12.4 Å². The molecule has 2 nitrogen and oxygen atoms in total. The van der Waals surface area contributed by atoms with Crippen molar-refractivity contribution in [2.45, 2.75) is 25.7 Å². The zero-order valence-corrected chi connectivity index (χ0v) is 8.29. The molecule has 0 aromatic rings. The van der Waals surface area contributed by atoms with Crippen molar-refractivity contribution in [3.8, 4) is 0 Å². The Morgan fingerprint density at radius 2 is 2.00 bits per heavy atom. The molecule has 0 unspecified atom stereocenters. The minimum atomic E-state index is 0. The van der Waals surface area contributed by atoms with Gasteiger partial charge >= 0.3 is 23.1 Å². The zero-order valence-electron chi connectivity index (χ0n) is 8.06. The molecule has 10 heavy (non-hydrogen) atoms. The smallest absolute Gasteiger partial charge is 1.00 e. The van der Waals surface area contributed by atoms with Gasteiger partial charge in [-0.2, -0.15) is 0 Å². The van der Waals surface area contributed by atoms with Crippen LogP contribution < -0.4 is 5.32 Å². The third kappa shape index (κ3) is 5.32. The van der Waals surface area contributed by atoms with Crippen LogP contribution in [0.5, 0.6) is 0 Å². The van der Waals surface area contributed by atoms with E-state index in [-0.39, 0.29) is 44.2 Å². The largest absolute Gasteiger partial charge is 2.00 e. The molecule has 1 heterocycles. The van der Waals surface area contributed by atoms with Crippen LogP contribution in [0.2, 0.25) is 0 Å². The Labute approximate surface area is 86.7 Å². The number of halogens is 1. The van der Waals surface area contributed by atoms with E-state index < -0.39 is 0 Å². The molecule has 0 saturated carbocycles. The van der Waals surface area contributed by atoms with Gasteiger partial charge in [0.25, 0.3) is 0 Å². The van der Waals surface area contributed by atoms with E-state index in [1.54, 1.807) is 0 Å². The number of hydrogen-bond acceptors (Lipinski definition) is 1. The van der Waals surface area contributed by atoms with Crippen molar-refractivity contribution in [1.82, 2.24) is 5.32 Å². The van der Waals surface area contributed by atoms with Crippen molar-refractivity contribution in [1.29, 1.82) is 0 Å². The number of carbonyl (C=O) groups is 1. The molecule has 0 aliphatic carbocycles. The maximum atomic E-state index is 10.6. The minimum Gasteiger partial charge on any atom is -1.00 e. The summed E-state index contributed by atoms with van der Waals surface area (Å²) >= 11 is 0. The maximum Gasteiger partial charge on any atom is 2.00 e. The van der Waals surface area contributed by atoms with Gasteiger partial charge in [0.15, 0.2) is 0 Å². The van der Waals surface area contributed by atoms with Crippen LogP contribution in [-0.4, -0.2) is 35.5 Å². The average Bonchev–Trinajstić information content (AvgIpc) is 1.94. The second-order valence-electron chi connectivity index (χ2n) is 2.16. The van der Waals surface area contributed by atoms with Crippen LogP contribution in [0.15, 0.2) is 0 Å². The van der Waals surface area contributed by atoms with Gasteiger partial charge in [-0.25, -0.2) is 0 Å². The first kappa shape index (κ1) is 13.1. The Morgan fingerprint density at radius 1 is 1.30 bits per heavy atom. The molecule has 58 valence electrons. The molecule has 1 aliphatic heterocycles. The summed E-state index contributed by atoms with van der Waals surface area (Å²) in [4.78, 5) is 10.6. The number of hydrogen-bond donors (Lipinski definition) is 1. The predicted octanol–water partition coefficient (Wildman–Crippen LogP) is 0.943. The van der Waals surface area contributed by atoms with Gasteiger partial charge in [0.05, 0.1) is 0 Å². The van der Waals surface area contributed by atoms with Crippen LogP contribution >= 0.6 is 12.4 Å². The molecule has 1 amide bonds. The SMILES string of the molecule is Cl.O=C1CCCCCN1.[H-].[H-].[Mg+2]. The van der Waals surface area contributed by atoms with E-state index in [0.29, 0.717) is 0 Å². The molecule has 1 aliphatic rings. The van der Waals surface area contributed by atoms with Crippen LogP contribution in [0.1, 0.15) is 28.5 Å². The molecule has 0 spiro atoms. The minimum absolute atomic E-state index is 0. The van der Waals surface area contributed by atoms with Crippen molar-refractivity contribution < 1.29 is 7.65 Å². The van der Waals surface area contributed by atoms with Gasteiger partial charge in [0.2, 0.25) is 5.91 Å². The second-order valence-corrected chi connectivity index (χ2v) is 2.16. The Hall–Kier alpha value is 0.526. The van der Waals surface area contributed by atoms with Crippen LogP contribution in [0.3, 0.4) is 0 Å². The molecule has 0 aromatic carbocycles. The van der Waals surface area contributed by atoms with Gasteiger partial charge in [-0.3, -0.25) is 4.79 Å². The molecular formula is C6H14ClMgNO. The summed E-state index contributed by atoms with van der Waals surface area (Å²) in [5, 5.41) is 2.81. The molecule has 4 heteroatoms. The second kappa shape index (κ2) is 7.63. The molecule has 1 fully saturated rings. The van der Waals surface area contributed by atoms with Crippen LogP contribution in [-0.2, 0) is 4.79 Å². The quantitative estimate of drug-likeness (QED) is 0.546. The third-order valence-electron chi connectivity index (χ3n) is 1.40. The summed E-state index contributed by atoms with van der Waals surface area (Å²) < 4.78 is 0. The zero-order chi connectivity index (χ0) is 5.82. The fraction of sp³-hybridized carbons (Fsp3) is 0.833. The van der Waals surface area contributed by atoms with Crippen LogP contribution in [0, 0.1) is 0 Å². The van der Waals surface area contributed by atoms with Gasteiger partial charge < -0.3 is 8.17 Å². The van der Waals surface area contributed by atoms with E-state index >= 15 is 0 Å². The summed E-state index contributed by atoms with van der Waals surface area (Å²) in [6.07, 6.45) is 4.18. The van der Waals surface area contributed by atoms with Gasteiger partial charge in [0.1, 0.15) is 0 Å². The standard InChI is InChI=1S/C6H11NO.ClH.Mg.2H/c8-6-4-2-1-3-5-7-6;;;;/h1-5H2,(H,7,8);1H;;;/q;;+2;2*-1. The molecule has 1 saturated heterocycles. The molecule has 1 rings (SSSR count). The first-order chi connectivity index (χ1) is 3.89. The van der Waals surface area contributed by atoms with E-state index in [4.69, 9.17) is 0 Å².